The lowest BCUT2D eigenvalue weighted by atomic mass is 10.3. The van der Waals surface area contributed by atoms with Gasteiger partial charge in [-0.3, -0.25) is 0 Å². The zero-order valence-corrected chi connectivity index (χ0v) is 9.91. The molecule has 3 rings (SSSR count). The van der Waals surface area contributed by atoms with Crippen molar-refractivity contribution in [3.05, 3.63) is 47.9 Å². The van der Waals surface area contributed by atoms with E-state index in [4.69, 9.17) is 15.3 Å². The van der Waals surface area contributed by atoms with E-state index in [9.17, 15) is 4.79 Å². The number of nitrogen functional groups attached to an aromatic ring is 1. The van der Waals surface area contributed by atoms with Crippen molar-refractivity contribution in [1.82, 2.24) is 9.55 Å². The first kappa shape index (κ1) is 11.3. The van der Waals surface area contributed by atoms with Crippen LogP contribution in [0.5, 0.6) is 0 Å². The molecule has 0 radical (unpaired) electrons. The quantitative estimate of drug-likeness (QED) is 0.747. The molecule has 0 fully saturated rings. The lowest BCUT2D eigenvalue weighted by molar-refractivity contribution is 0.0660. The van der Waals surface area contributed by atoms with Crippen molar-refractivity contribution in [3.8, 4) is 0 Å². The molecule has 3 N–H and O–H groups in total. The predicted molar refractivity (Wildman–Crippen MR) is 68.9 cm³/mol. The number of aromatic nitrogens is 2. The zero-order valence-electron chi connectivity index (χ0n) is 9.91. The number of hydrogen-bond donors (Lipinski definition) is 2. The van der Waals surface area contributed by atoms with Crippen LogP contribution in [0.25, 0.3) is 11.0 Å². The summed E-state index contributed by atoms with van der Waals surface area (Å²) in [6, 6.07) is 10.6. The summed E-state index contributed by atoms with van der Waals surface area (Å²) < 4.78 is 7.00. The molecule has 6 heteroatoms. The number of rotatable bonds is 3. The van der Waals surface area contributed by atoms with Gasteiger partial charge in [0.25, 0.3) is 0 Å². The van der Waals surface area contributed by atoms with Gasteiger partial charge in [-0.2, -0.15) is 0 Å². The molecule has 0 spiro atoms. The van der Waals surface area contributed by atoms with Gasteiger partial charge in [0.2, 0.25) is 11.7 Å². The zero-order chi connectivity index (χ0) is 13.4. The Labute approximate surface area is 108 Å². The number of fused-ring (bicyclic) bond motifs is 1. The van der Waals surface area contributed by atoms with Crippen LogP contribution in [0.2, 0.25) is 0 Å². The van der Waals surface area contributed by atoms with Crippen molar-refractivity contribution in [2.75, 3.05) is 5.73 Å². The number of carboxylic acids is 1. The second kappa shape index (κ2) is 4.16. The Morgan fingerprint density at radius 1 is 1.32 bits per heavy atom. The molecule has 6 nitrogen and oxygen atoms in total. The molecule has 0 bridgehead atoms. The largest absolute Gasteiger partial charge is 0.475 e. The summed E-state index contributed by atoms with van der Waals surface area (Å²) in [7, 11) is 0. The average molecular weight is 257 g/mol. The Morgan fingerprint density at radius 2 is 2.11 bits per heavy atom. The first-order chi connectivity index (χ1) is 9.15. The second-order valence-corrected chi connectivity index (χ2v) is 4.12. The Balaban J connectivity index is 2.00. The van der Waals surface area contributed by atoms with E-state index in [1.54, 1.807) is 10.6 Å². The molecular formula is C13H11N3O3. The maximum Gasteiger partial charge on any atom is 0.371 e. The molecule has 3 aromatic rings. The fourth-order valence-corrected chi connectivity index (χ4v) is 1.99. The van der Waals surface area contributed by atoms with Crippen LogP contribution in [0.15, 0.2) is 40.8 Å². The van der Waals surface area contributed by atoms with Crippen molar-refractivity contribution >= 4 is 23.0 Å². The number of imidazole rings is 1. The van der Waals surface area contributed by atoms with Gasteiger partial charge in [-0.1, -0.05) is 12.1 Å². The maximum absolute atomic E-state index is 10.8. The third kappa shape index (κ3) is 1.93. The Morgan fingerprint density at radius 3 is 2.84 bits per heavy atom. The number of nitrogens with zero attached hydrogens (tertiary/aromatic N) is 2. The van der Waals surface area contributed by atoms with E-state index < -0.39 is 5.97 Å². The number of hydrogen-bond acceptors (Lipinski definition) is 4. The fourth-order valence-electron chi connectivity index (χ4n) is 1.99. The first-order valence-electron chi connectivity index (χ1n) is 5.68. The number of carboxylic acid groups (broad SMARTS) is 1. The van der Waals surface area contributed by atoms with Gasteiger partial charge in [-0.15, -0.1) is 0 Å². The SMILES string of the molecule is Nc1nc2ccccc2n1Cc1ccc(C(=O)O)o1. The van der Waals surface area contributed by atoms with Crippen molar-refractivity contribution in [3.63, 3.8) is 0 Å². The molecule has 0 amide bonds. The third-order valence-corrected chi connectivity index (χ3v) is 2.87. The van der Waals surface area contributed by atoms with Gasteiger partial charge >= 0.3 is 5.97 Å². The lowest BCUT2D eigenvalue weighted by Gasteiger charge is -2.03. The first-order valence-corrected chi connectivity index (χ1v) is 5.68. The van der Waals surface area contributed by atoms with Crippen molar-refractivity contribution in [2.24, 2.45) is 0 Å². The molecule has 0 saturated heterocycles. The topological polar surface area (TPSA) is 94.3 Å². The standard InChI is InChI=1S/C13H11N3O3/c14-13-15-9-3-1-2-4-10(9)16(13)7-8-5-6-11(19-8)12(17)18/h1-6H,7H2,(H2,14,15)(H,17,18). The molecule has 0 saturated carbocycles. The summed E-state index contributed by atoms with van der Waals surface area (Å²) in [6.45, 7) is 0.347. The minimum Gasteiger partial charge on any atom is -0.475 e. The number of carbonyl (C=O) groups is 1. The molecule has 1 aromatic carbocycles. The molecular weight excluding hydrogens is 246 g/mol. The molecule has 2 aromatic heterocycles. The van der Waals surface area contributed by atoms with Crippen LogP contribution < -0.4 is 5.73 Å². The van der Waals surface area contributed by atoms with Gasteiger partial charge in [0.05, 0.1) is 17.6 Å². The fraction of sp³-hybridized carbons (Fsp3) is 0.0769. The molecule has 0 aliphatic carbocycles. The highest BCUT2D eigenvalue weighted by molar-refractivity contribution is 5.84. The molecule has 0 aliphatic heterocycles. The number of nitrogens with two attached hydrogens (primary N) is 1. The van der Waals surface area contributed by atoms with Crippen LogP contribution >= 0.6 is 0 Å². The lowest BCUT2D eigenvalue weighted by Crippen LogP contribution is -2.03. The normalized spacial score (nSPS) is 10.9. The van der Waals surface area contributed by atoms with Crippen molar-refractivity contribution in [1.29, 1.82) is 0 Å². The van der Waals surface area contributed by atoms with Gasteiger partial charge in [0.1, 0.15) is 5.76 Å². The smallest absolute Gasteiger partial charge is 0.371 e. The molecule has 19 heavy (non-hydrogen) atoms. The van der Waals surface area contributed by atoms with Crippen molar-refractivity contribution < 1.29 is 14.3 Å². The summed E-state index contributed by atoms with van der Waals surface area (Å²) in [4.78, 5) is 15.0. The highest BCUT2D eigenvalue weighted by Crippen LogP contribution is 2.20. The summed E-state index contributed by atoms with van der Waals surface area (Å²) in [6.07, 6.45) is 0. The van der Waals surface area contributed by atoms with Crippen LogP contribution in [0.1, 0.15) is 16.3 Å². The van der Waals surface area contributed by atoms with E-state index in [-0.39, 0.29) is 5.76 Å². The van der Waals surface area contributed by atoms with E-state index in [1.807, 2.05) is 24.3 Å². The van der Waals surface area contributed by atoms with Crippen LogP contribution in [-0.2, 0) is 6.54 Å². The molecule has 96 valence electrons. The summed E-state index contributed by atoms with van der Waals surface area (Å²) in [5, 5.41) is 8.81. The Bertz CT molecular complexity index is 757. The molecule has 0 atom stereocenters. The van der Waals surface area contributed by atoms with Crippen LogP contribution in [-0.4, -0.2) is 20.6 Å². The van der Waals surface area contributed by atoms with Crippen LogP contribution in [0.4, 0.5) is 5.95 Å². The number of furan rings is 1. The number of benzene rings is 1. The van der Waals surface area contributed by atoms with Gasteiger partial charge in [-0.25, -0.2) is 9.78 Å². The highest BCUT2D eigenvalue weighted by atomic mass is 16.4. The second-order valence-electron chi connectivity index (χ2n) is 4.12. The molecule has 0 unspecified atom stereocenters. The molecule has 2 heterocycles. The van der Waals surface area contributed by atoms with Gasteiger partial charge < -0.3 is 19.8 Å². The van der Waals surface area contributed by atoms with Crippen molar-refractivity contribution in [2.45, 2.75) is 6.54 Å². The van der Waals surface area contributed by atoms with Crippen LogP contribution in [0.3, 0.4) is 0 Å². The van der Waals surface area contributed by atoms with Gasteiger partial charge in [0, 0.05) is 0 Å². The average Bonchev–Trinajstić information content (AvgIpc) is 2.96. The highest BCUT2D eigenvalue weighted by Gasteiger charge is 2.12. The Hall–Kier alpha value is -2.76. The van der Waals surface area contributed by atoms with Crippen LogP contribution in [0, 0.1) is 0 Å². The number of aromatic carboxylic acids is 1. The minimum atomic E-state index is -1.09. The molecule has 0 aliphatic rings. The summed E-state index contributed by atoms with van der Waals surface area (Å²) >= 11 is 0. The van der Waals surface area contributed by atoms with E-state index in [0.717, 1.165) is 11.0 Å². The van der Waals surface area contributed by atoms with E-state index >= 15 is 0 Å². The predicted octanol–water partition coefficient (Wildman–Crippen LogP) is 1.96. The monoisotopic (exact) mass is 257 g/mol. The van der Waals surface area contributed by atoms with Gasteiger partial charge in [-0.05, 0) is 24.3 Å². The summed E-state index contributed by atoms with van der Waals surface area (Å²) in [5.41, 5.74) is 7.54. The maximum atomic E-state index is 10.8. The van der Waals surface area contributed by atoms with E-state index in [0.29, 0.717) is 18.3 Å². The van der Waals surface area contributed by atoms with E-state index in [1.165, 1.54) is 6.07 Å². The third-order valence-electron chi connectivity index (χ3n) is 2.87. The Kier molecular flexibility index (Phi) is 2.49. The number of anilines is 1. The summed E-state index contributed by atoms with van der Waals surface area (Å²) in [5.74, 6) is -0.283. The van der Waals surface area contributed by atoms with Gasteiger partial charge in [0.15, 0.2) is 0 Å². The number of para-hydroxylation sites is 2. The van der Waals surface area contributed by atoms with E-state index in [2.05, 4.69) is 4.98 Å². The minimum absolute atomic E-state index is 0.0852.